The molecule has 4 nitrogen and oxygen atoms in total. The number of methoxy groups -OCH3 is 1. The molecule has 17 heavy (non-hydrogen) atoms. The lowest BCUT2D eigenvalue weighted by atomic mass is 9.96. The standard InChI is InChI=1S/C13H24N2O2/c1-13(2,16-4)12(14)5-7-15(3)9-11-6-8-17-10-11/h6,8,10,12H,5,7,9,14H2,1-4H3. The van der Waals surface area contributed by atoms with Crippen molar-refractivity contribution in [1.29, 1.82) is 0 Å². The zero-order valence-corrected chi connectivity index (χ0v) is 11.3. The van der Waals surface area contributed by atoms with Gasteiger partial charge in [0, 0.05) is 25.3 Å². The number of nitrogens with zero attached hydrogens (tertiary/aromatic N) is 1. The Labute approximate surface area is 104 Å². The molecule has 1 aromatic heterocycles. The number of ether oxygens (including phenoxy) is 1. The van der Waals surface area contributed by atoms with E-state index in [0.29, 0.717) is 0 Å². The highest BCUT2D eigenvalue weighted by Gasteiger charge is 2.25. The molecule has 0 radical (unpaired) electrons. The maximum atomic E-state index is 6.11. The van der Waals surface area contributed by atoms with Gasteiger partial charge in [-0.25, -0.2) is 0 Å². The fourth-order valence-corrected chi connectivity index (χ4v) is 1.63. The van der Waals surface area contributed by atoms with Crippen LogP contribution in [0, 0.1) is 0 Å². The number of nitrogens with two attached hydrogens (primary N) is 1. The molecular weight excluding hydrogens is 216 g/mol. The summed E-state index contributed by atoms with van der Waals surface area (Å²) >= 11 is 0. The molecule has 98 valence electrons. The molecule has 0 aliphatic carbocycles. The van der Waals surface area contributed by atoms with Crippen LogP contribution in [-0.2, 0) is 11.3 Å². The number of hydrogen-bond acceptors (Lipinski definition) is 4. The number of hydrogen-bond donors (Lipinski definition) is 1. The molecule has 0 aliphatic heterocycles. The fourth-order valence-electron chi connectivity index (χ4n) is 1.63. The Balaban J connectivity index is 2.30. The van der Waals surface area contributed by atoms with E-state index < -0.39 is 0 Å². The van der Waals surface area contributed by atoms with E-state index >= 15 is 0 Å². The Kier molecular flexibility index (Phi) is 5.18. The number of furan rings is 1. The van der Waals surface area contributed by atoms with Gasteiger partial charge in [0.05, 0.1) is 18.1 Å². The zero-order chi connectivity index (χ0) is 12.9. The Morgan fingerprint density at radius 1 is 1.53 bits per heavy atom. The summed E-state index contributed by atoms with van der Waals surface area (Å²) in [6.07, 6.45) is 4.38. The Morgan fingerprint density at radius 2 is 2.24 bits per heavy atom. The summed E-state index contributed by atoms with van der Waals surface area (Å²) < 4.78 is 10.4. The second-order valence-corrected chi connectivity index (χ2v) is 5.07. The monoisotopic (exact) mass is 240 g/mol. The summed E-state index contributed by atoms with van der Waals surface area (Å²) in [6, 6.07) is 2.02. The molecule has 0 aliphatic rings. The van der Waals surface area contributed by atoms with Crippen molar-refractivity contribution in [3.63, 3.8) is 0 Å². The van der Waals surface area contributed by atoms with Gasteiger partial charge in [-0.1, -0.05) is 0 Å². The van der Waals surface area contributed by atoms with Crippen LogP contribution >= 0.6 is 0 Å². The van der Waals surface area contributed by atoms with Crippen molar-refractivity contribution in [1.82, 2.24) is 4.90 Å². The molecule has 0 spiro atoms. The predicted molar refractivity (Wildman–Crippen MR) is 68.7 cm³/mol. The third kappa shape index (κ3) is 4.50. The first-order valence-corrected chi connectivity index (χ1v) is 5.96. The third-order valence-electron chi connectivity index (χ3n) is 3.27. The van der Waals surface area contributed by atoms with Crippen LogP contribution in [0.2, 0.25) is 0 Å². The van der Waals surface area contributed by atoms with E-state index in [9.17, 15) is 0 Å². The summed E-state index contributed by atoms with van der Waals surface area (Å²) in [5.74, 6) is 0. The van der Waals surface area contributed by atoms with E-state index in [2.05, 4.69) is 11.9 Å². The van der Waals surface area contributed by atoms with Crippen LogP contribution in [0.1, 0.15) is 25.8 Å². The van der Waals surface area contributed by atoms with Crippen molar-refractivity contribution in [2.75, 3.05) is 20.7 Å². The van der Waals surface area contributed by atoms with Crippen LogP contribution in [0.25, 0.3) is 0 Å². The van der Waals surface area contributed by atoms with Gasteiger partial charge in [-0.15, -0.1) is 0 Å². The summed E-state index contributed by atoms with van der Waals surface area (Å²) in [7, 11) is 3.79. The average molecular weight is 240 g/mol. The molecule has 1 rings (SSSR count). The van der Waals surface area contributed by atoms with Gasteiger partial charge in [-0.05, 0) is 39.9 Å². The highest BCUT2D eigenvalue weighted by atomic mass is 16.5. The molecule has 0 saturated heterocycles. The SMILES string of the molecule is COC(C)(C)C(N)CCN(C)Cc1ccoc1. The van der Waals surface area contributed by atoms with E-state index in [0.717, 1.165) is 19.5 Å². The fraction of sp³-hybridized carbons (Fsp3) is 0.692. The highest BCUT2D eigenvalue weighted by Crippen LogP contribution is 2.15. The summed E-state index contributed by atoms with van der Waals surface area (Å²) in [5, 5.41) is 0. The first-order valence-electron chi connectivity index (χ1n) is 5.96. The van der Waals surface area contributed by atoms with Gasteiger partial charge >= 0.3 is 0 Å². The molecule has 0 bridgehead atoms. The summed E-state index contributed by atoms with van der Waals surface area (Å²) in [6.45, 7) is 5.87. The molecule has 2 N–H and O–H groups in total. The van der Waals surface area contributed by atoms with Gasteiger partial charge in [-0.3, -0.25) is 0 Å². The smallest absolute Gasteiger partial charge is 0.0947 e. The van der Waals surface area contributed by atoms with Gasteiger partial charge in [0.15, 0.2) is 0 Å². The van der Waals surface area contributed by atoms with Gasteiger partial charge in [0.25, 0.3) is 0 Å². The lowest BCUT2D eigenvalue weighted by Gasteiger charge is -2.31. The molecule has 1 unspecified atom stereocenters. The van der Waals surface area contributed by atoms with Gasteiger partial charge in [0.2, 0.25) is 0 Å². The third-order valence-corrected chi connectivity index (χ3v) is 3.27. The van der Waals surface area contributed by atoms with Crippen molar-refractivity contribution < 1.29 is 9.15 Å². The van der Waals surface area contributed by atoms with Gasteiger partial charge in [0.1, 0.15) is 0 Å². The van der Waals surface area contributed by atoms with E-state index in [1.54, 1.807) is 19.6 Å². The van der Waals surface area contributed by atoms with Crippen molar-refractivity contribution in [2.45, 2.75) is 38.5 Å². The van der Waals surface area contributed by atoms with E-state index in [-0.39, 0.29) is 11.6 Å². The quantitative estimate of drug-likeness (QED) is 0.790. The van der Waals surface area contributed by atoms with Crippen LogP contribution in [0.15, 0.2) is 23.0 Å². The molecule has 0 saturated carbocycles. The second-order valence-electron chi connectivity index (χ2n) is 5.07. The zero-order valence-electron chi connectivity index (χ0n) is 11.3. The first kappa shape index (κ1) is 14.2. The van der Waals surface area contributed by atoms with Crippen LogP contribution in [0.4, 0.5) is 0 Å². The molecule has 0 aromatic carbocycles. The first-order chi connectivity index (χ1) is 7.95. The molecule has 1 aromatic rings. The summed E-state index contributed by atoms with van der Waals surface area (Å²) in [4.78, 5) is 2.23. The van der Waals surface area contributed by atoms with E-state index in [1.807, 2.05) is 19.9 Å². The topological polar surface area (TPSA) is 51.6 Å². The van der Waals surface area contributed by atoms with Crippen molar-refractivity contribution in [3.05, 3.63) is 24.2 Å². The molecule has 0 fully saturated rings. The predicted octanol–water partition coefficient (Wildman–Crippen LogP) is 1.85. The van der Waals surface area contributed by atoms with Crippen LogP contribution < -0.4 is 5.73 Å². The summed E-state index contributed by atoms with van der Waals surface area (Å²) in [5.41, 5.74) is 7.03. The minimum Gasteiger partial charge on any atom is -0.472 e. The van der Waals surface area contributed by atoms with Gasteiger partial charge < -0.3 is 19.8 Å². The second kappa shape index (κ2) is 6.19. The molecule has 4 heteroatoms. The molecule has 1 atom stereocenters. The van der Waals surface area contributed by atoms with Crippen molar-refractivity contribution in [3.8, 4) is 0 Å². The van der Waals surface area contributed by atoms with Crippen LogP contribution in [-0.4, -0.2) is 37.2 Å². The van der Waals surface area contributed by atoms with E-state index in [4.69, 9.17) is 14.9 Å². The minimum absolute atomic E-state index is 0.0410. The number of rotatable bonds is 7. The van der Waals surface area contributed by atoms with Gasteiger partial charge in [-0.2, -0.15) is 0 Å². The Hall–Kier alpha value is -0.840. The van der Waals surface area contributed by atoms with E-state index in [1.165, 1.54) is 5.56 Å². The largest absolute Gasteiger partial charge is 0.472 e. The normalized spacial score (nSPS) is 14.2. The average Bonchev–Trinajstić information content (AvgIpc) is 2.78. The Bertz CT molecular complexity index is 309. The van der Waals surface area contributed by atoms with Crippen molar-refractivity contribution in [2.24, 2.45) is 5.73 Å². The molecular formula is C13H24N2O2. The maximum Gasteiger partial charge on any atom is 0.0947 e. The highest BCUT2D eigenvalue weighted by molar-refractivity contribution is 5.04. The Morgan fingerprint density at radius 3 is 2.76 bits per heavy atom. The lowest BCUT2D eigenvalue weighted by molar-refractivity contribution is -0.00334. The maximum absolute atomic E-state index is 6.11. The van der Waals surface area contributed by atoms with Crippen LogP contribution in [0.3, 0.4) is 0 Å². The molecule has 1 heterocycles. The lowest BCUT2D eigenvalue weighted by Crippen LogP contribution is -2.46. The van der Waals surface area contributed by atoms with Crippen molar-refractivity contribution >= 4 is 0 Å². The minimum atomic E-state index is -0.267. The van der Waals surface area contributed by atoms with Crippen LogP contribution in [0.5, 0.6) is 0 Å². The molecule has 0 amide bonds.